The van der Waals surface area contributed by atoms with E-state index in [0.29, 0.717) is 30.2 Å². The topological polar surface area (TPSA) is 75.0 Å². The summed E-state index contributed by atoms with van der Waals surface area (Å²) in [6, 6.07) is 11.9. The Morgan fingerprint density at radius 2 is 1.85 bits per heavy atom. The van der Waals surface area contributed by atoms with Crippen LogP contribution in [0.2, 0.25) is 0 Å². The Hall–Kier alpha value is -3.18. The van der Waals surface area contributed by atoms with E-state index in [1.54, 1.807) is 36.5 Å². The predicted octanol–water partition coefficient (Wildman–Crippen LogP) is 5.28. The molecule has 2 heterocycles. The van der Waals surface area contributed by atoms with E-state index in [1.165, 1.54) is 0 Å². The van der Waals surface area contributed by atoms with Gasteiger partial charge < -0.3 is 24.0 Å². The second-order valence-electron chi connectivity index (χ2n) is 7.66. The van der Waals surface area contributed by atoms with Crippen molar-refractivity contribution in [1.29, 1.82) is 5.26 Å². The number of carbonyl (C=O) groups is 1. The Kier molecular flexibility index (Phi) is 8.61. The van der Waals surface area contributed by atoms with Crippen LogP contribution in [-0.4, -0.2) is 57.5 Å². The summed E-state index contributed by atoms with van der Waals surface area (Å²) in [4.78, 5) is 17.2. The highest BCUT2D eigenvalue weighted by Crippen LogP contribution is 2.34. The normalized spacial score (nSPS) is 14.5. The molecule has 0 bridgehead atoms. The van der Waals surface area contributed by atoms with Gasteiger partial charge in [0.1, 0.15) is 6.10 Å². The smallest absolute Gasteiger partial charge is 0.410 e. The number of hydrogen-bond donors (Lipinski definition) is 0. The molecule has 176 valence electrons. The molecule has 8 heteroatoms. The molecule has 0 aliphatic carbocycles. The summed E-state index contributed by atoms with van der Waals surface area (Å²) in [7, 11) is 3.17. The van der Waals surface area contributed by atoms with E-state index in [1.807, 2.05) is 38.1 Å². The summed E-state index contributed by atoms with van der Waals surface area (Å²) in [6.07, 6.45) is 3.26. The van der Waals surface area contributed by atoms with E-state index < -0.39 is 0 Å². The van der Waals surface area contributed by atoms with Gasteiger partial charge >= 0.3 is 6.09 Å². The third kappa shape index (κ3) is 5.99. The van der Waals surface area contributed by atoms with Crippen LogP contribution < -0.4 is 14.4 Å². The SMILES string of the molecule is CCN(CC)C(=O)OC1CCN(c2ccc(/C=C(\C#N)c3ccc(OC)c(OC)c3)s2)CC1. The summed E-state index contributed by atoms with van der Waals surface area (Å²) in [5, 5.41) is 10.9. The van der Waals surface area contributed by atoms with Gasteiger partial charge in [-0.15, -0.1) is 11.3 Å². The number of methoxy groups -OCH3 is 2. The summed E-state index contributed by atoms with van der Waals surface area (Å²) in [5.41, 5.74) is 1.34. The number of thiophene rings is 1. The molecule has 0 atom stereocenters. The van der Waals surface area contributed by atoms with Crippen LogP contribution in [0, 0.1) is 11.3 Å². The Labute approximate surface area is 199 Å². The zero-order chi connectivity index (χ0) is 23.8. The molecule has 2 aromatic rings. The highest BCUT2D eigenvalue weighted by atomic mass is 32.1. The molecule has 0 N–H and O–H groups in total. The number of hydrogen-bond acceptors (Lipinski definition) is 7. The van der Waals surface area contributed by atoms with Gasteiger partial charge in [0.05, 0.1) is 30.9 Å². The first-order chi connectivity index (χ1) is 16.0. The van der Waals surface area contributed by atoms with Gasteiger partial charge in [0, 0.05) is 43.9 Å². The van der Waals surface area contributed by atoms with Gasteiger partial charge in [0.2, 0.25) is 0 Å². The van der Waals surface area contributed by atoms with Crippen LogP contribution >= 0.6 is 11.3 Å². The number of ether oxygens (including phenoxy) is 3. The summed E-state index contributed by atoms with van der Waals surface area (Å²) >= 11 is 1.65. The van der Waals surface area contributed by atoms with Crippen LogP contribution in [0.15, 0.2) is 30.3 Å². The van der Waals surface area contributed by atoms with Crippen LogP contribution in [-0.2, 0) is 4.74 Å². The maximum absolute atomic E-state index is 12.2. The standard InChI is InChI=1S/C25H31N3O4S/c1-5-27(6-2)25(29)32-20-11-13-28(14-12-20)24-10-8-21(33-24)15-19(17-26)18-7-9-22(30-3)23(16-18)31-4/h7-10,15-16,20H,5-6,11-14H2,1-4H3/b19-15+. The fraction of sp³-hybridized carbons (Fsp3) is 0.440. The first kappa shape index (κ1) is 24.5. The van der Waals surface area contributed by atoms with Crippen LogP contribution in [0.25, 0.3) is 11.6 Å². The predicted molar refractivity (Wildman–Crippen MR) is 132 cm³/mol. The number of allylic oxidation sites excluding steroid dienone is 1. The monoisotopic (exact) mass is 469 g/mol. The molecule has 3 rings (SSSR count). The fourth-order valence-corrected chi connectivity index (χ4v) is 4.81. The molecule has 1 aromatic carbocycles. The van der Waals surface area contributed by atoms with Gasteiger partial charge in [-0.05, 0) is 55.8 Å². The first-order valence-corrected chi connectivity index (χ1v) is 12.0. The number of nitriles is 1. The zero-order valence-corrected chi connectivity index (χ0v) is 20.5. The molecular formula is C25H31N3O4S. The minimum absolute atomic E-state index is 0.0380. The minimum atomic E-state index is -0.221. The van der Waals surface area contributed by atoms with E-state index in [2.05, 4.69) is 17.0 Å². The molecule has 1 aliphatic rings. The molecule has 0 unspecified atom stereocenters. The van der Waals surface area contributed by atoms with Gasteiger partial charge in [0.25, 0.3) is 0 Å². The number of carbonyl (C=O) groups excluding carboxylic acids is 1. The van der Waals surface area contributed by atoms with Crippen molar-refractivity contribution in [1.82, 2.24) is 4.90 Å². The summed E-state index contributed by atoms with van der Waals surface area (Å²) in [5.74, 6) is 1.22. The number of amides is 1. The fourth-order valence-electron chi connectivity index (χ4n) is 3.81. The van der Waals surface area contributed by atoms with E-state index in [-0.39, 0.29) is 12.2 Å². The van der Waals surface area contributed by atoms with Crippen LogP contribution in [0.3, 0.4) is 0 Å². The second kappa shape index (κ2) is 11.6. The average Bonchev–Trinajstić information content (AvgIpc) is 3.32. The highest BCUT2D eigenvalue weighted by Gasteiger charge is 2.24. The van der Waals surface area contributed by atoms with Crippen molar-refractivity contribution in [3.05, 3.63) is 40.8 Å². The van der Waals surface area contributed by atoms with E-state index in [9.17, 15) is 10.1 Å². The number of anilines is 1. The number of piperidine rings is 1. The van der Waals surface area contributed by atoms with Gasteiger partial charge in [-0.3, -0.25) is 0 Å². The average molecular weight is 470 g/mol. The number of benzene rings is 1. The lowest BCUT2D eigenvalue weighted by Gasteiger charge is -2.33. The van der Waals surface area contributed by atoms with Crippen LogP contribution in [0.1, 0.15) is 37.1 Å². The molecular weight excluding hydrogens is 438 g/mol. The van der Waals surface area contributed by atoms with Crippen LogP contribution in [0.5, 0.6) is 11.5 Å². The molecule has 1 aromatic heterocycles. The molecule has 0 radical (unpaired) electrons. The molecule has 1 fully saturated rings. The van der Waals surface area contributed by atoms with E-state index in [0.717, 1.165) is 41.4 Å². The molecule has 33 heavy (non-hydrogen) atoms. The number of nitrogens with zero attached hydrogens (tertiary/aromatic N) is 3. The third-order valence-corrected chi connectivity index (χ3v) is 6.85. The third-order valence-electron chi connectivity index (χ3n) is 5.76. The molecule has 1 amide bonds. The van der Waals surface area contributed by atoms with Gasteiger partial charge in [-0.1, -0.05) is 0 Å². The lowest BCUT2D eigenvalue weighted by atomic mass is 10.1. The molecule has 1 saturated heterocycles. The van der Waals surface area contributed by atoms with Crippen molar-refractivity contribution in [2.24, 2.45) is 0 Å². The van der Waals surface area contributed by atoms with Crippen LogP contribution in [0.4, 0.5) is 9.80 Å². The van der Waals surface area contributed by atoms with Crippen molar-refractivity contribution in [3.8, 4) is 17.6 Å². The van der Waals surface area contributed by atoms with Gasteiger partial charge in [-0.25, -0.2) is 4.79 Å². The minimum Gasteiger partial charge on any atom is -0.493 e. The number of rotatable bonds is 8. The zero-order valence-electron chi connectivity index (χ0n) is 19.7. The first-order valence-electron chi connectivity index (χ1n) is 11.2. The summed E-state index contributed by atoms with van der Waals surface area (Å²) < 4.78 is 16.3. The highest BCUT2D eigenvalue weighted by molar-refractivity contribution is 7.17. The molecule has 0 saturated carbocycles. The Morgan fingerprint density at radius 1 is 1.15 bits per heavy atom. The Morgan fingerprint density at radius 3 is 2.45 bits per heavy atom. The lowest BCUT2D eigenvalue weighted by Crippen LogP contribution is -2.40. The molecule has 1 aliphatic heterocycles. The van der Waals surface area contributed by atoms with E-state index >= 15 is 0 Å². The largest absolute Gasteiger partial charge is 0.493 e. The Balaban J connectivity index is 1.65. The van der Waals surface area contributed by atoms with Gasteiger partial charge in [-0.2, -0.15) is 5.26 Å². The Bertz CT molecular complexity index is 1010. The van der Waals surface area contributed by atoms with Gasteiger partial charge in [0.15, 0.2) is 11.5 Å². The van der Waals surface area contributed by atoms with Crippen molar-refractivity contribution >= 4 is 34.1 Å². The summed E-state index contributed by atoms with van der Waals surface area (Å²) in [6.45, 7) is 6.90. The maximum atomic E-state index is 12.2. The van der Waals surface area contributed by atoms with E-state index in [4.69, 9.17) is 14.2 Å². The maximum Gasteiger partial charge on any atom is 0.410 e. The van der Waals surface area contributed by atoms with Crippen molar-refractivity contribution in [3.63, 3.8) is 0 Å². The molecule has 0 spiro atoms. The molecule has 7 nitrogen and oxygen atoms in total. The van der Waals surface area contributed by atoms with Crippen molar-refractivity contribution in [2.45, 2.75) is 32.8 Å². The quantitative estimate of drug-likeness (QED) is 0.490. The second-order valence-corrected chi connectivity index (χ2v) is 8.75. The van der Waals surface area contributed by atoms with Crippen molar-refractivity contribution < 1.29 is 19.0 Å². The lowest BCUT2D eigenvalue weighted by molar-refractivity contribution is 0.0543. The van der Waals surface area contributed by atoms with Crippen molar-refractivity contribution in [2.75, 3.05) is 45.3 Å².